The quantitative estimate of drug-likeness (QED) is 0.821. The van der Waals surface area contributed by atoms with E-state index in [-0.39, 0.29) is 11.5 Å². The molecule has 2 rings (SSSR count). The maximum atomic E-state index is 11.2. The van der Waals surface area contributed by atoms with Crippen LogP contribution in [0.25, 0.3) is 0 Å². The minimum Gasteiger partial charge on any atom is -0.366 e. The molecule has 4 heteroatoms. The van der Waals surface area contributed by atoms with Crippen molar-refractivity contribution in [3.05, 3.63) is 35.4 Å². The van der Waals surface area contributed by atoms with Crippen molar-refractivity contribution in [2.75, 3.05) is 0 Å². The van der Waals surface area contributed by atoms with E-state index < -0.39 is 5.91 Å². The van der Waals surface area contributed by atoms with Gasteiger partial charge in [0.25, 0.3) is 0 Å². The zero-order chi connectivity index (χ0) is 16.3. The maximum Gasteiger partial charge on any atom is 0.248 e. The number of hydrogen-bond acceptors (Lipinski definition) is 2. The second-order valence-electron chi connectivity index (χ2n) is 7.00. The maximum absolute atomic E-state index is 11.2. The summed E-state index contributed by atoms with van der Waals surface area (Å²) in [5, 5.41) is 3.03. The van der Waals surface area contributed by atoms with Crippen LogP contribution in [0.3, 0.4) is 0 Å². The molecule has 1 aromatic carbocycles. The molecule has 1 fully saturated rings. The highest BCUT2D eigenvalue weighted by atomic mass is 16.1. The van der Waals surface area contributed by atoms with Gasteiger partial charge in [0.15, 0.2) is 0 Å². The Labute approximate surface area is 132 Å². The van der Waals surface area contributed by atoms with Crippen LogP contribution in [-0.4, -0.2) is 17.9 Å². The molecule has 1 saturated carbocycles. The molecule has 120 valence electrons. The van der Waals surface area contributed by atoms with E-state index in [2.05, 4.69) is 26.1 Å². The third-order valence-electron chi connectivity index (χ3n) is 5.27. The molecule has 22 heavy (non-hydrogen) atoms. The van der Waals surface area contributed by atoms with Crippen LogP contribution in [0.15, 0.2) is 24.3 Å². The monoisotopic (exact) mass is 302 g/mol. The first-order valence-corrected chi connectivity index (χ1v) is 7.98. The number of benzene rings is 1. The summed E-state index contributed by atoms with van der Waals surface area (Å²) in [7, 11) is 0. The fourth-order valence-electron chi connectivity index (χ4n) is 3.64. The lowest BCUT2D eigenvalue weighted by atomic mass is 9.65. The van der Waals surface area contributed by atoms with Crippen LogP contribution in [0.1, 0.15) is 61.9 Å². The number of amides is 2. The third-order valence-corrected chi connectivity index (χ3v) is 5.27. The average molecular weight is 302 g/mol. The van der Waals surface area contributed by atoms with Crippen LogP contribution in [0, 0.1) is 11.8 Å². The van der Waals surface area contributed by atoms with Crippen molar-refractivity contribution in [3.63, 3.8) is 0 Å². The highest BCUT2D eigenvalue weighted by Gasteiger charge is 2.41. The first kappa shape index (κ1) is 16.5. The van der Waals surface area contributed by atoms with Crippen molar-refractivity contribution in [1.29, 1.82) is 0 Å². The SMILES string of the molecule is CC(C)C1CCC(C)(NC=O)C(c2ccc(C(N)=O)cc2)C1. The molecule has 4 nitrogen and oxygen atoms in total. The van der Waals surface area contributed by atoms with Gasteiger partial charge in [0.1, 0.15) is 0 Å². The number of nitrogens with two attached hydrogens (primary N) is 1. The van der Waals surface area contributed by atoms with Crippen LogP contribution in [0.4, 0.5) is 0 Å². The van der Waals surface area contributed by atoms with Gasteiger partial charge in [-0.3, -0.25) is 9.59 Å². The summed E-state index contributed by atoms with van der Waals surface area (Å²) >= 11 is 0. The van der Waals surface area contributed by atoms with E-state index in [0.717, 1.165) is 31.2 Å². The topological polar surface area (TPSA) is 72.2 Å². The summed E-state index contributed by atoms with van der Waals surface area (Å²) in [6.07, 6.45) is 3.95. The molecule has 0 aromatic heterocycles. The number of hydrogen-bond donors (Lipinski definition) is 2. The number of nitrogens with one attached hydrogen (secondary N) is 1. The van der Waals surface area contributed by atoms with Crippen molar-refractivity contribution < 1.29 is 9.59 Å². The van der Waals surface area contributed by atoms with Crippen LogP contribution in [-0.2, 0) is 4.79 Å². The van der Waals surface area contributed by atoms with Gasteiger partial charge in [0.2, 0.25) is 12.3 Å². The van der Waals surface area contributed by atoms with Gasteiger partial charge in [0.05, 0.1) is 0 Å². The Morgan fingerprint density at radius 3 is 2.50 bits per heavy atom. The second-order valence-corrected chi connectivity index (χ2v) is 7.00. The summed E-state index contributed by atoms with van der Waals surface area (Å²) in [6.45, 7) is 6.63. The molecule has 2 amide bonds. The second kappa shape index (κ2) is 6.51. The lowest BCUT2D eigenvalue weighted by Gasteiger charge is -2.45. The molecule has 0 saturated heterocycles. The molecule has 0 bridgehead atoms. The minimum absolute atomic E-state index is 0.235. The minimum atomic E-state index is -0.413. The van der Waals surface area contributed by atoms with Crippen molar-refractivity contribution >= 4 is 12.3 Å². The zero-order valence-electron chi connectivity index (χ0n) is 13.6. The fraction of sp³-hybridized carbons (Fsp3) is 0.556. The van der Waals surface area contributed by atoms with E-state index in [1.807, 2.05) is 12.1 Å². The largest absolute Gasteiger partial charge is 0.366 e. The van der Waals surface area contributed by atoms with Crippen molar-refractivity contribution in [1.82, 2.24) is 5.32 Å². The summed E-state index contributed by atoms with van der Waals surface area (Å²) < 4.78 is 0. The predicted octanol–water partition coefficient (Wildman–Crippen LogP) is 2.83. The number of carbonyl (C=O) groups excluding carboxylic acids is 2. The molecular weight excluding hydrogens is 276 g/mol. The van der Waals surface area contributed by atoms with Gasteiger partial charge in [-0.25, -0.2) is 0 Å². The summed E-state index contributed by atoms with van der Waals surface area (Å²) in [4.78, 5) is 22.3. The van der Waals surface area contributed by atoms with Crippen molar-refractivity contribution in [2.24, 2.45) is 17.6 Å². The fourth-order valence-corrected chi connectivity index (χ4v) is 3.64. The standard InChI is InChI=1S/C18H26N2O2/c1-12(2)15-8-9-18(3,20-11-21)16(10-15)13-4-6-14(7-5-13)17(19)22/h4-7,11-12,15-16H,8-10H2,1-3H3,(H2,19,22)(H,20,21). The Bertz CT molecular complexity index is 539. The van der Waals surface area contributed by atoms with Crippen molar-refractivity contribution in [2.45, 2.75) is 51.5 Å². The van der Waals surface area contributed by atoms with Gasteiger partial charge >= 0.3 is 0 Å². The van der Waals surface area contributed by atoms with Gasteiger partial charge in [-0.15, -0.1) is 0 Å². The molecular formula is C18H26N2O2. The molecule has 3 N–H and O–H groups in total. The predicted molar refractivity (Wildman–Crippen MR) is 87.5 cm³/mol. The summed E-state index contributed by atoms with van der Waals surface area (Å²) in [5.74, 6) is 1.13. The molecule has 3 atom stereocenters. The Kier molecular flexibility index (Phi) is 4.89. The lowest BCUT2D eigenvalue weighted by molar-refractivity contribution is -0.111. The van der Waals surface area contributed by atoms with Crippen LogP contribution >= 0.6 is 0 Å². The lowest BCUT2D eigenvalue weighted by Crippen LogP contribution is -2.50. The van der Waals surface area contributed by atoms with Gasteiger partial charge in [-0.05, 0) is 55.7 Å². The van der Waals surface area contributed by atoms with Gasteiger partial charge in [0, 0.05) is 17.0 Å². The van der Waals surface area contributed by atoms with Gasteiger partial charge in [-0.2, -0.15) is 0 Å². The van der Waals surface area contributed by atoms with E-state index in [1.165, 1.54) is 0 Å². The van der Waals surface area contributed by atoms with Gasteiger partial charge < -0.3 is 11.1 Å². The van der Waals surface area contributed by atoms with Crippen LogP contribution in [0.2, 0.25) is 0 Å². The molecule has 0 aliphatic heterocycles. The highest BCUT2D eigenvalue weighted by Crippen LogP contribution is 2.45. The Balaban J connectivity index is 2.31. The smallest absolute Gasteiger partial charge is 0.248 e. The first-order chi connectivity index (χ1) is 10.4. The molecule has 0 radical (unpaired) electrons. The number of rotatable bonds is 5. The van der Waals surface area contributed by atoms with Crippen LogP contribution in [0.5, 0.6) is 0 Å². The molecule has 0 spiro atoms. The third kappa shape index (κ3) is 3.32. The average Bonchev–Trinajstić information content (AvgIpc) is 2.47. The van der Waals surface area contributed by atoms with Gasteiger partial charge in [-0.1, -0.05) is 26.0 Å². The normalized spacial score (nSPS) is 28.4. The Hall–Kier alpha value is -1.84. The number of carbonyl (C=O) groups is 2. The summed E-state index contributed by atoms with van der Waals surface area (Å²) in [6, 6.07) is 7.49. The van der Waals surface area contributed by atoms with Crippen LogP contribution < -0.4 is 11.1 Å². The Morgan fingerprint density at radius 1 is 1.36 bits per heavy atom. The Morgan fingerprint density at radius 2 is 2.00 bits per heavy atom. The van der Waals surface area contributed by atoms with Crippen molar-refractivity contribution in [3.8, 4) is 0 Å². The van der Waals surface area contributed by atoms with E-state index >= 15 is 0 Å². The molecule has 1 aliphatic rings. The van der Waals surface area contributed by atoms with E-state index in [9.17, 15) is 9.59 Å². The highest BCUT2D eigenvalue weighted by molar-refractivity contribution is 5.92. The molecule has 1 aliphatic carbocycles. The van der Waals surface area contributed by atoms with E-state index in [1.54, 1.807) is 12.1 Å². The molecule has 1 aromatic rings. The molecule has 0 heterocycles. The zero-order valence-corrected chi connectivity index (χ0v) is 13.6. The molecule has 3 unspecified atom stereocenters. The first-order valence-electron chi connectivity index (χ1n) is 7.98. The summed E-state index contributed by atoms with van der Waals surface area (Å²) in [5.41, 5.74) is 6.75. The van der Waals surface area contributed by atoms with E-state index in [4.69, 9.17) is 5.73 Å². The number of primary amides is 1. The van der Waals surface area contributed by atoms with E-state index in [0.29, 0.717) is 17.4 Å².